The smallest absolute Gasteiger partial charge is 0.184 e. The number of hydrogen-bond donors (Lipinski definition) is 0. The van der Waals surface area contributed by atoms with Crippen molar-refractivity contribution in [2.45, 2.75) is 12.5 Å². The minimum atomic E-state index is -0.00109. The number of carbonyl (C=O) groups is 1. The Kier molecular flexibility index (Phi) is 3.82. The molecule has 3 aliphatic rings. The molecule has 1 atom stereocenters. The maximum atomic E-state index is 12.7. The van der Waals surface area contributed by atoms with E-state index in [1.165, 1.54) is 5.56 Å². The Balaban J connectivity index is 1.30. The highest BCUT2D eigenvalue weighted by Crippen LogP contribution is 2.40. The highest BCUT2D eigenvalue weighted by molar-refractivity contribution is 6.04. The second kappa shape index (κ2) is 6.32. The van der Waals surface area contributed by atoms with Crippen molar-refractivity contribution in [1.82, 2.24) is 4.90 Å². The molecular formula is C21H22N2O3. The molecule has 0 amide bonds. The second-order valence-electron chi connectivity index (χ2n) is 7.07. The number of para-hydroxylation sites is 1. The lowest BCUT2D eigenvalue weighted by Crippen LogP contribution is -2.52. The molecule has 2 heterocycles. The van der Waals surface area contributed by atoms with Gasteiger partial charge in [0.25, 0.3) is 0 Å². The third kappa shape index (κ3) is 2.54. The minimum absolute atomic E-state index is 0.00109. The number of nitrogens with zero attached hydrogens (tertiary/aromatic N) is 2. The van der Waals surface area contributed by atoms with Crippen LogP contribution in [0.2, 0.25) is 0 Å². The third-order valence-corrected chi connectivity index (χ3v) is 5.64. The lowest BCUT2D eigenvalue weighted by atomic mass is 10.1. The number of ether oxygens (including phenoxy) is 2. The topological polar surface area (TPSA) is 42.0 Å². The van der Waals surface area contributed by atoms with Gasteiger partial charge in [0.05, 0.1) is 11.7 Å². The third-order valence-electron chi connectivity index (χ3n) is 5.64. The SMILES string of the molecule is O=C1c2ccccc2CC1N1CCN(c2cccc3c2OCCO3)CC1. The van der Waals surface area contributed by atoms with E-state index in [1.807, 2.05) is 30.3 Å². The normalized spacial score (nSPS) is 22.4. The lowest BCUT2D eigenvalue weighted by molar-refractivity contribution is 0.0833. The molecule has 134 valence electrons. The van der Waals surface area contributed by atoms with E-state index in [-0.39, 0.29) is 11.8 Å². The number of hydrogen-bond acceptors (Lipinski definition) is 5. The van der Waals surface area contributed by atoms with E-state index in [1.54, 1.807) is 0 Å². The standard InChI is InChI=1S/C21H22N2O3/c24-20-16-5-2-1-4-15(16)14-18(20)23-10-8-22(9-11-23)17-6-3-7-19-21(17)26-13-12-25-19/h1-7,18H,8-14H2. The maximum Gasteiger partial charge on any atom is 0.184 e. The van der Waals surface area contributed by atoms with Gasteiger partial charge in [0, 0.05) is 31.7 Å². The molecule has 5 heteroatoms. The molecule has 0 saturated carbocycles. The van der Waals surface area contributed by atoms with Crippen LogP contribution >= 0.6 is 0 Å². The van der Waals surface area contributed by atoms with E-state index in [2.05, 4.69) is 21.9 Å². The Bertz CT molecular complexity index is 843. The van der Waals surface area contributed by atoms with Crippen LogP contribution in [-0.2, 0) is 6.42 Å². The summed E-state index contributed by atoms with van der Waals surface area (Å²) in [5.74, 6) is 1.97. The average molecular weight is 350 g/mol. The average Bonchev–Trinajstić information content (AvgIpc) is 3.05. The van der Waals surface area contributed by atoms with Crippen LogP contribution in [0.4, 0.5) is 5.69 Å². The quantitative estimate of drug-likeness (QED) is 0.832. The van der Waals surface area contributed by atoms with Crippen molar-refractivity contribution in [3.05, 3.63) is 53.6 Å². The number of anilines is 1. The molecule has 1 saturated heterocycles. The Morgan fingerprint density at radius 1 is 0.885 bits per heavy atom. The summed E-state index contributed by atoms with van der Waals surface area (Å²) in [5.41, 5.74) is 3.19. The first-order valence-corrected chi connectivity index (χ1v) is 9.31. The lowest BCUT2D eigenvalue weighted by Gasteiger charge is -2.39. The van der Waals surface area contributed by atoms with E-state index in [0.717, 1.165) is 55.3 Å². The number of benzene rings is 2. The second-order valence-corrected chi connectivity index (χ2v) is 7.07. The van der Waals surface area contributed by atoms with Crippen LogP contribution in [0.15, 0.2) is 42.5 Å². The molecule has 2 aromatic rings. The van der Waals surface area contributed by atoms with Gasteiger partial charge in [0.1, 0.15) is 13.2 Å². The van der Waals surface area contributed by atoms with Crippen LogP contribution in [-0.4, -0.2) is 56.1 Å². The summed E-state index contributed by atoms with van der Waals surface area (Å²) in [6.45, 7) is 4.75. The largest absolute Gasteiger partial charge is 0.486 e. The molecule has 0 spiro atoms. The minimum Gasteiger partial charge on any atom is -0.486 e. The summed E-state index contributed by atoms with van der Waals surface area (Å²) in [5, 5.41) is 0. The fourth-order valence-corrected chi connectivity index (χ4v) is 4.30. The summed E-state index contributed by atoms with van der Waals surface area (Å²) in [6.07, 6.45) is 0.840. The van der Waals surface area contributed by atoms with Gasteiger partial charge < -0.3 is 14.4 Å². The van der Waals surface area contributed by atoms with Crippen molar-refractivity contribution in [2.75, 3.05) is 44.3 Å². The van der Waals surface area contributed by atoms with Gasteiger partial charge in [-0.05, 0) is 24.1 Å². The van der Waals surface area contributed by atoms with Crippen LogP contribution in [0, 0.1) is 0 Å². The molecule has 2 aromatic carbocycles. The number of carbonyl (C=O) groups excluding carboxylic acids is 1. The number of Topliss-reactive ketones (excluding diaryl/α,β-unsaturated/α-hetero) is 1. The van der Waals surface area contributed by atoms with Gasteiger partial charge in [-0.3, -0.25) is 9.69 Å². The van der Waals surface area contributed by atoms with Crippen molar-refractivity contribution in [3.8, 4) is 11.5 Å². The molecule has 1 unspecified atom stereocenters. The molecule has 26 heavy (non-hydrogen) atoms. The first-order chi connectivity index (χ1) is 12.8. The number of fused-ring (bicyclic) bond motifs is 2. The van der Waals surface area contributed by atoms with E-state index >= 15 is 0 Å². The zero-order valence-electron chi connectivity index (χ0n) is 14.7. The van der Waals surface area contributed by atoms with Crippen LogP contribution in [0.5, 0.6) is 11.5 Å². The van der Waals surface area contributed by atoms with Crippen LogP contribution < -0.4 is 14.4 Å². The van der Waals surface area contributed by atoms with Gasteiger partial charge in [0.2, 0.25) is 0 Å². The zero-order valence-corrected chi connectivity index (χ0v) is 14.7. The van der Waals surface area contributed by atoms with Gasteiger partial charge in [-0.1, -0.05) is 30.3 Å². The number of rotatable bonds is 2. The van der Waals surface area contributed by atoms with Crippen LogP contribution in [0.1, 0.15) is 15.9 Å². The van der Waals surface area contributed by atoms with Gasteiger partial charge in [-0.2, -0.15) is 0 Å². The van der Waals surface area contributed by atoms with E-state index < -0.39 is 0 Å². The number of piperazine rings is 1. The molecule has 0 aromatic heterocycles. The van der Waals surface area contributed by atoms with Crippen LogP contribution in [0.3, 0.4) is 0 Å². The fourth-order valence-electron chi connectivity index (χ4n) is 4.30. The van der Waals surface area contributed by atoms with E-state index in [0.29, 0.717) is 13.2 Å². The molecule has 0 bridgehead atoms. The van der Waals surface area contributed by atoms with Crippen molar-refractivity contribution in [1.29, 1.82) is 0 Å². The van der Waals surface area contributed by atoms with E-state index in [9.17, 15) is 4.79 Å². The van der Waals surface area contributed by atoms with Crippen molar-refractivity contribution in [2.24, 2.45) is 0 Å². The molecule has 1 fully saturated rings. The first kappa shape index (κ1) is 15.7. The monoisotopic (exact) mass is 350 g/mol. The summed E-state index contributed by atoms with van der Waals surface area (Å²) < 4.78 is 11.6. The van der Waals surface area contributed by atoms with E-state index in [4.69, 9.17) is 9.47 Å². The van der Waals surface area contributed by atoms with Gasteiger partial charge in [0.15, 0.2) is 17.3 Å². The van der Waals surface area contributed by atoms with Crippen molar-refractivity contribution in [3.63, 3.8) is 0 Å². The fraction of sp³-hybridized carbons (Fsp3) is 0.381. The summed E-state index contributed by atoms with van der Waals surface area (Å²) in [7, 11) is 0. The molecular weight excluding hydrogens is 328 g/mol. The highest BCUT2D eigenvalue weighted by atomic mass is 16.6. The molecule has 0 radical (unpaired) electrons. The van der Waals surface area contributed by atoms with Gasteiger partial charge in [-0.15, -0.1) is 0 Å². The highest BCUT2D eigenvalue weighted by Gasteiger charge is 2.36. The van der Waals surface area contributed by atoms with Crippen molar-refractivity contribution >= 4 is 11.5 Å². The Labute approximate surface area is 153 Å². The first-order valence-electron chi connectivity index (χ1n) is 9.31. The van der Waals surface area contributed by atoms with Crippen LogP contribution in [0.25, 0.3) is 0 Å². The van der Waals surface area contributed by atoms with Crippen molar-refractivity contribution < 1.29 is 14.3 Å². The molecule has 5 nitrogen and oxygen atoms in total. The van der Waals surface area contributed by atoms with Gasteiger partial charge >= 0.3 is 0 Å². The predicted octanol–water partition coefficient (Wildman–Crippen LogP) is 2.39. The summed E-state index contributed by atoms with van der Waals surface area (Å²) in [6, 6.07) is 14.1. The Morgan fingerprint density at radius 3 is 2.54 bits per heavy atom. The molecule has 5 rings (SSSR count). The Hall–Kier alpha value is -2.53. The molecule has 0 N–H and O–H groups in total. The maximum absolute atomic E-state index is 12.7. The molecule has 1 aliphatic carbocycles. The Morgan fingerprint density at radius 2 is 1.69 bits per heavy atom. The number of ketones is 1. The predicted molar refractivity (Wildman–Crippen MR) is 99.5 cm³/mol. The molecule has 2 aliphatic heterocycles. The summed E-state index contributed by atoms with van der Waals surface area (Å²) >= 11 is 0. The summed E-state index contributed by atoms with van der Waals surface area (Å²) in [4.78, 5) is 17.4. The van der Waals surface area contributed by atoms with Gasteiger partial charge in [-0.25, -0.2) is 0 Å². The zero-order chi connectivity index (χ0) is 17.5.